The van der Waals surface area contributed by atoms with Gasteiger partial charge in [0.25, 0.3) is 0 Å². The minimum atomic E-state index is -0.253. The first-order valence-corrected chi connectivity index (χ1v) is 8.05. The molecule has 0 spiro atoms. The fourth-order valence-electron chi connectivity index (χ4n) is 2.37. The largest absolute Gasteiger partial charge is 0.493 e. The van der Waals surface area contributed by atoms with Gasteiger partial charge in [0.1, 0.15) is 0 Å². The summed E-state index contributed by atoms with van der Waals surface area (Å²) in [6.45, 7) is 4.64. The summed E-state index contributed by atoms with van der Waals surface area (Å²) in [6.07, 6.45) is 6.66. The van der Waals surface area contributed by atoms with Crippen LogP contribution in [0.2, 0.25) is 0 Å². The van der Waals surface area contributed by atoms with Crippen molar-refractivity contribution in [1.29, 1.82) is 0 Å². The minimum absolute atomic E-state index is 0.141. The number of nitrogens with zero attached hydrogens (tertiary/aromatic N) is 1. The van der Waals surface area contributed by atoms with E-state index in [1.807, 2.05) is 30.3 Å². The molecule has 0 aliphatic heterocycles. The Morgan fingerprint density at radius 3 is 2.60 bits per heavy atom. The van der Waals surface area contributed by atoms with Crippen LogP contribution in [-0.4, -0.2) is 31.7 Å². The Balaban J connectivity index is 2.01. The summed E-state index contributed by atoms with van der Waals surface area (Å²) in [6, 6.07) is 9.53. The molecule has 1 heterocycles. The third-order valence-corrected chi connectivity index (χ3v) is 3.98. The van der Waals surface area contributed by atoms with Crippen molar-refractivity contribution in [3.05, 3.63) is 59.9 Å². The maximum absolute atomic E-state index is 12.1. The number of carbonyl (C=O) groups is 1. The molecule has 0 aliphatic carbocycles. The second-order valence-electron chi connectivity index (χ2n) is 6.29. The van der Waals surface area contributed by atoms with Crippen LogP contribution in [0.15, 0.2) is 48.8 Å². The summed E-state index contributed by atoms with van der Waals surface area (Å²) in [4.78, 5) is 16.1. The summed E-state index contributed by atoms with van der Waals surface area (Å²) >= 11 is 0. The lowest BCUT2D eigenvalue weighted by Gasteiger charge is -2.26. The van der Waals surface area contributed by atoms with Crippen LogP contribution >= 0.6 is 0 Å². The summed E-state index contributed by atoms with van der Waals surface area (Å²) < 4.78 is 10.6. The van der Waals surface area contributed by atoms with Crippen LogP contribution < -0.4 is 14.8 Å². The van der Waals surface area contributed by atoms with Crippen LogP contribution in [0.25, 0.3) is 6.08 Å². The molecule has 0 saturated carbocycles. The lowest BCUT2D eigenvalue weighted by atomic mass is 9.84. The Hall–Kier alpha value is -2.82. The number of amides is 1. The number of aromatic nitrogens is 1. The van der Waals surface area contributed by atoms with Gasteiger partial charge in [-0.05, 0) is 35.4 Å². The highest BCUT2D eigenvalue weighted by molar-refractivity contribution is 5.91. The van der Waals surface area contributed by atoms with Crippen molar-refractivity contribution in [3.63, 3.8) is 0 Å². The molecule has 25 heavy (non-hydrogen) atoms. The molecular formula is C20H24N2O3. The van der Waals surface area contributed by atoms with Gasteiger partial charge in [-0.15, -0.1) is 0 Å². The number of methoxy groups -OCH3 is 2. The molecule has 0 fully saturated rings. The molecule has 0 aliphatic rings. The molecule has 0 bridgehead atoms. The van der Waals surface area contributed by atoms with E-state index in [-0.39, 0.29) is 11.3 Å². The van der Waals surface area contributed by atoms with E-state index in [1.165, 1.54) is 6.08 Å². The van der Waals surface area contributed by atoms with E-state index >= 15 is 0 Å². The minimum Gasteiger partial charge on any atom is -0.493 e. The molecule has 5 heteroatoms. The zero-order chi connectivity index (χ0) is 18.3. The number of carbonyl (C=O) groups excluding carboxylic acids is 1. The normalized spacial score (nSPS) is 11.4. The van der Waals surface area contributed by atoms with Crippen molar-refractivity contribution in [2.45, 2.75) is 19.3 Å². The number of rotatable bonds is 7. The monoisotopic (exact) mass is 340 g/mol. The molecule has 132 valence electrons. The van der Waals surface area contributed by atoms with Crippen LogP contribution in [0.1, 0.15) is 25.0 Å². The van der Waals surface area contributed by atoms with E-state index in [0.717, 1.165) is 11.1 Å². The van der Waals surface area contributed by atoms with Gasteiger partial charge in [0, 0.05) is 30.4 Å². The van der Waals surface area contributed by atoms with Gasteiger partial charge < -0.3 is 14.8 Å². The van der Waals surface area contributed by atoms with Gasteiger partial charge in [0.05, 0.1) is 14.2 Å². The second kappa shape index (κ2) is 8.33. The van der Waals surface area contributed by atoms with E-state index in [9.17, 15) is 4.79 Å². The van der Waals surface area contributed by atoms with Crippen LogP contribution in [0.3, 0.4) is 0 Å². The maximum Gasteiger partial charge on any atom is 0.244 e. The smallest absolute Gasteiger partial charge is 0.244 e. The average Bonchev–Trinajstić information content (AvgIpc) is 2.65. The molecule has 1 amide bonds. The van der Waals surface area contributed by atoms with Gasteiger partial charge in [-0.1, -0.05) is 26.0 Å². The first-order chi connectivity index (χ1) is 12.0. The number of hydrogen-bond donors (Lipinski definition) is 1. The van der Waals surface area contributed by atoms with Crippen molar-refractivity contribution in [1.82, 2.24) is 10.3 Å². The van der Waals surface area contributed by atoms with Gasteiger partial charge in [-0.2, -0.15) is 0 Å². The fourth-order valence-corrected chi connectivity index (χ4v) is 2.37. The molecule has 1 N–H and O–H groups in total. The predicted octanol–water partition coefficient (Wildman–Crippen LogP) is 3.21. The summed E-state index contributed by atoms with van der Waals surface area (Å²) in [5, 5.41) is 2.94. The molecule has 0 saturated heterocycles. The number of benzene rings is 1. The topological polar surface area (TPSA) is 60.5 Å². The third-order valence-electron chi connectivity index (χ3n) is 3.98. The Morgan fingerprint density at radius 2 is 1.96 bits per heavy atom. The predicted molar refractivity (Wildman–Crippen MR) is 98.9 cm³/mol. The molecule has 0 atom stereocenters. The molecule has 0 unspecified atom stereocenters. The van der Waals surface area contributed by atoms with Crippen molar-refractivity contribution in [2.24, 2.45) is 0 Å². The molecular weight excluding hydrogens is 316 g/mol. The quantitative estimate of drug-likeness (QED) is 0.786. The van der Waals surface area contributed by atoms with Gasteiger partial charge in [0.15, 0.2) is 11.5 Å². The SMILES string of the molecule is COc1ccc(C(C)(C)CNC(=O)/C=C\c2cccnc2)cc1OC. The summed E-state index contributed by atoms with van der Waals surface area (Å²) in [5.74, 6) is 1.22. The Kier molecular flexibility index (Phi) is 6.17. The van der Waals surface area contributed by atoms with Crippen molar-refractivity contribution >= 4 is 12.0 Å². The van der Waals surface area contributed by atoms with E-state index in [2.05, 4.69) is 24.1 Å². The molecule has 2 rings (SSSR count). The van der Waals surface area contributed by atoms with Crippen molar-refractivity contribution in [3.8, 4) is 11.5 Å². The summed E-state index contributed by atoms with van der Waals surface area (Å²) in [5.41, 5.74) is 1.69. The lowest BCUT2D eigenvalue weighted by molar-refractivity contribution is -0.116. The zero-order valence-electron chi connectivity index (χ0n) is 15.1. The molecule has 1 aromatic heterocycles. The van der Waals surface area contributed by atoms with Crippen LogP contribution in [0, 0.1) is 0 Å². The van der Waals surface area contributed by atoms with E-state index in [4.69, 9.17) is 9.47 Å². The number of nitrogens with one attached hydrogen (secondary N) is 1. The third kappa shape index (κ3) is 5.08. The maximum atomic E-state index is 12.1. The number of hydrogen-bond acceptors (Lipinski definition) is 4. The van der Waals surface area contributed by atoms with Crippen molar-refractivity contribution < 1.29 is 14.3 Å². The first-order valence-electron chi connectivity index (χ1n) is 8.05. The first kappa shape index (κ1) is 18.5. The Labute approximate surface area is 148 Å². The summed E-state index contributed by atoms with van der Waals surface area (Å²) in [7, 11) is 3.22. The highest BCUT2D eigenvalue weighted by atomic mass is 16.5. The zero-order valence-corrected chi connectivity index (χ0v) is 15.1. The van der Waals surface area contributed by atoms with Gasteiger partial charge in [-0.3, -0.25) is 9.78 Å². The Morgan fingerprint density at radius 1 is 1.20 bits per heavy atom. The Bertz CT molecular complexity index is 740. The second-order valence-corrected chi connectivity index (χ2v) is 6.29. The van der Waals surface area contributed by atoms with Gasteiger partial charge >= 0.3 is 0 Å². The molecule has 2 aromatic rings. The lowest BCUT2D eigenvalue weighted by Crippen LogP contribution is -2.35. The van der Waals surface area contributed by atoms with Crippen LogP contribution in [-0.2, 0) is 10.2 Å². The molecule has 0 radical (unpaired) electrons. The number of pyridine rings is 1. The highest BCUT2D eigenvalue weighted by Crippen LogP contribution is 2.32. The molecule has 5 nitrogen and oxygen atoms in total. The van der Waals surface area contributed by atoms with E-state index in [0.29, 0.717) is 18.0 Å². The highest BCUT2D eigenvalue weighted by Gasteiger charge is 2.22. The van der Waals surface area contributed by atoms with Crippen molar-refractivity contribution in [2.75, 3.05) is 20.8 Å². The van der Waals surface area contributed by atoms with Crippen LogP contribution in [0.4, 0.5) is 0 Å². The molecule has 1 aromatic carbocycles. The fraction of sp³-hybridized carbons (Fsp3) is 0.300. The number of ether oxygens (including phenoxy) is 2. The van der Waals surface area contributed by atoms with E-state index < -0.39 is 0 Å². The van der Waals surface area contributed by atoms with Gasteiger partial charge in [-0.25, -0.2) is 0 Å². The van der Waals surface area contributed by atoms with Gasteiger partial charge in [0.2, 0.25) is 5.91 Å². The average molecular weight is 340 g/mol. The standard InChI is InChI=1S/C20H24N2O3/c1-20(2,16-8-9-17(24-3)18(12-16)25-4)14-22-19(23)10-7-15-6-5-11-21-13-15/h5-13H,14H2,1-4H3,(H,22,23)/b10-7-. The van der Waals surface area contributed by atoms with Crippen LogP contribution in [0.5, 0.6) is 11.5 Å². The van der Waals surface area contributed by atoms with E-state index in [1.54, 1.807) is 32.7 Å².